The quantitative estimate of drug-likeness (QED) is 0.513. The zero-order valence-corrected chi connectivity index (χ0v) is 17.7. The number of nitrogens with one attached hydrogen (secondary N) is 2. The Morgan fingerprint density at radius 1 is 1.00 bits per heavy atom. The first kappa shape index (κ1) is 21.4. The molecule has 2 amide bonds. The van der Waals surface area contributed by atoms with Crippen LogP contribution in [0.4, 0.5) is 21.9 Å². The highest BCUT2D eigenvalue weighted by Gasteiger charge is 2.24. The van der Waals surface area contributed by atoms with Crippen LogP contribution in [-0.2, 0) is 11.3 Å². The molecule has 1 heterocycles. The molecule has 0 spiro atoms. The first-order chi connectivity index (χ1) is 15.6. The SMILES string of the molecule is Nc1ccccc1NC(=O)c1ccc(N(Cc2ccccc2)C(=O)O[C@H]2CCNC2)cc1. The van der Waals surface area contributed by atoms with E-state index in [-0.39, 0.29) is 12.0 Å². The Bertz CT molecular complexity index is 1060. The van der Waals surface area contributed by atoms with Gasteiger partial charge in [-0.1, -0.05) is 42.5 Å². The fourth-order valence-electron chi connectivity index (χ4n) is 3.56. The summed E-state index contributed by atoms with van der Waals surface area (Å²) in [5.41, 5.74) is 9.06. The first-order valence-corrected chi connectivity index (χ1v) is 10.6. The predicted octanol–water partition coefficient (Wildman–Crippen LogP) is 4.03. The molecule has 7 nitrogen and oxygen atoms in total. The number of nitrogens with two attached hydrogens (primary N) is 1. The van der Waals surface area contributed by atoms with Crippen LogP contribution in [0.15, 0.2) is 78.9 Å². The molecule has 0 radical (unpaired) electrons. The third-order valence-electron chi connectivity index (χ3n) is 5.34. The Morgan fingerprint density at radius 3 is 2.41 bits per heavy atom. The summed E-state index contributed by atoms with van der Waals surface area (Å²) in [4.78, 5) is 27.2. The van der Waals surface area contributed by atoms with Crippen molar-refractivity contribution in [2.24, 2.45) is 0 Å². The third-order valence-corrected chi connectivity index (χ3v) is 5.34. The zero-order valence-electron chi connectivity index (χ0n) is 17.7. The van der Waals surface area contributed by atoms with Gasteiger partial charge in [-0.25, -0.2) is 4.79 Å². The highest BCUT2D eigenvalue weighted by atomic mass is 16.6. The summed E-state index contributed by atoms with van der Waals surface area (Å²) in [6.45, 7) is 1.87. The molecule has 1 saturated heterocycles. The lowest BCUT2D eigenvalue weighted by atomic mass is 10.1. The van der Waals surface area contributed by atoms with Gasteiger partial charge in [-0.05, 0) is 54.9 Å². The van der Waals surface area contributed by atoms with Gasteiger partial charge in [-0.2, -0.15) is 0 Å². The largest absolute Gasteiger partial charge is 0.444 e. The van der Waals surface area contributed by atoms with Crippen molar-refractivity contribution in [1.29, 1.82) is 0 Å². The van der Waals surface area contributed by atoms with Crippen LogP contribution in [0.25, 0.3) is 0 Å². The van der Waals surface area contributed by atoms with E-state index in [0.29, 0.717) is 35.7 Å². The molecular formula is C25H26N4O3. The number of nitrogens with zero attached hydrogens (tertiary/aromatic N) is 1. The van der Waals surface area contributed by atoms with Gasteiger partial charge in [0, 0.05) is 17.8 Å². The van der Waals surface area contributed by atoms with Gasteiger partial charge < -0.3 is 21.1 Å². The van der Waals surface area contributed by atoms with Gasteiger partial charge >= 0.3 is 6.09 Å². The number of carbonyl (C=O) groups excluding carboxylic acids is 2. The van der Waals surface area contributed by atoms with Crippen LogP contribution in [0.2, 0.25) is 0 Å². The minimum absolute atomic E-state index is 0.137. The lowest BCUT2D eigenvalue weighted by Gasteiger charge is -2.24. The molecule has 1 fully saturated rings. The lowest BCUT2D eigenvalue weighted by molar-refractivity contribution is 0.102. The predicted molar refractivity (Wildman–Crippen MR) is 126 cm³/mol. The van der Waals surface area contributed by atoms with Crippen LogP contribution in [0.3, 0.4) is 0 Å². The number of hydrogen-bond donors (Lipinski definition) is 3. The van der Waals surface area contributed by atoms with Gasteiger partial charge in [-0.3, -0.25) is 9.69 Å². The molecule has 3 aromatic carbocycles. The number of anilines is 3. The van der Waals surface area contributed by atoms with Crippen molar-refractivity contribution >= 4 is 29.1 Å². The van der Waals surface area contributed by atoms with Gasteiger partial charge in [0.1, 0.15) is 6.10 Å². The second-order valence-corrected chi connectivity index (χ2v) is 7.66. The number of rotatable bonds is 6. The van der Waals surface area contributed by atoms with Crippen molar-refractivity contribution in [3.05, 3.63) is 90.0 Å². The van der Waals surface area contributed by atoms with Gasteiger partial charge in [-0.15, -0.1) is 0 Å². The zero-order chi connectivity index (χ0) is 22.3. The van der Waals surface area contributed by atoms with Gasteiger partial charge in [0.15, 0.2) is 0 Å². The summed E-state index contributed by atoms with van der Waals surface area (Å²) in [6.07, 6.45) is 0.256. The normalized spacial score (nSPS) is 15.2. The van der Waals surface area contributed by atoms with Crippen molar-refractivity contribution in [2.45, 2.75) is 19.1 Å². The average molecular weight is 431 g/mol. The molecule has 0 saturated carbocycles. The molecule has 1 aliphatic heterocycles. The van der Waals surface area contributed by atoms with Crippen molar-refractivity contribution in [1.82, 2.24) is 5.32 Å². The van der Waals surface area contributed by atoms with E-state index in [9.17, 15) is 9.59 Å². The van der Waals surface area contributed by atoms with Crippen molar-refractivity contribution < 1.29 is 14.3 Å². The van der Waals surface area contributed by atoms with E-state index in [1.165, 1.54) is 0 Å². The third kappa shape index (κ3) is 5.25. The van der Waals surface area contributed by atoms with Gasteiger partial charge in [0.05, 0.1) is 17.9 Å². The van der Waals surface area contributed by atoms with Crippen LogP contribution in [0.1, 0.15) is 22.3 Å². The van der Waals surface area contributed by atoms with Crippen molar-refractivity contribution in [3.8, 4) is 0 Å². The minimum Gasteiger partial charge on any atom is -0.444 e. The van der Waals surface area contributed by atoms with Crippen molar-refractivity contribution in [2.75, 3.05) is 29.0 Å². The number of nitrogen functional groups attached to an aromatic ring is 1. The maximum atomic E-state index is 13.0. The Balaban J connectivity index is 1.51. The second kappa shape index (κ2) is 9.98. The van der Waals surface area contributed by atoms with E-state index in [1.807, 2.05) is 42.5 Å². The Labute approximate surface area is 187 Å². The maximum absolute atomic E-state index is 13.0. The van der Waals surface area contributed by atoms with Crippen molar-refractivity contribution in [3.63, 3.8) is 0 Å². The van der Waals surface area contributed by atoms with Gasteiger partial charge in [0.25, 0.3) is 5.91 Å². The maximum Gasteiger partial charge on any atom is 0.414 e. The molecule has 3 aromatic rings. The Kier molecular flexibility index (Phi) is 6.67. The van der Waals surface area contributed by atoms with E-state index < -0.39 is 6.09 Å². The lowest BCUT2D eigenvalue weighted by Crippen LogP contribution is -2.34. The Hall–Kier alpha value is -3.84. The monoisotopic (exact) mass is 430 g/mol. The summed E-state index contributed by atoms with van der Waals surface area (Å²) in [5.74, 6) is -0.274. The smallest absolute Gasteiger partial charge is 0.414 e. The van der Waals surface area contributed by atoms with E-state index >= 15 is 0 Å². The van der Waals surface area contributed by atoms with E-state index in [1.54, 1.807) is 41.3 Å². The van der Waals surface area contributed by atoms with Crippen LogP contribution < -0.4 is 21.3 Å². The molecule has 4 rings (SSSR count). The van der Waals surface area contributed by atoms with Gasteiger partial charge in [0.2, 0.25) is 0 Å². The number of hydrogen-bond acceptors (Lipinski definition) is 5. The topological polar surface area (TPSA) is 96.7 Å². The second-order valence-electron chi connectivity index (χ2n) is 7.66. The molecule has 164 valence electrons. The molecule has 0 aliphatic carbocycles. The highest BCUT2D eigenvalue weighted by molar-refractivity contribution is 6.06. The highest BCUT2D eigenvalue weighted by Crippen LogP contribution is 2.22. The number of para-hydroxylation sites is 2. The average Bonchev–Trinajstić information content (AvgIpc) is 3.33. The summed E-state index contributed by atoms with van der Waals surface area (Å²) < 4.78 is 5.70. The molecule has 0 unspecified atom stereocenters. The van der Waals surface area contributed by atoms with Crippen LogP contribution in [0.5, 0.6) is 0 Å². The molecule has 7 heteroatoms. The van der Waals surface area contributed by atoms with Crippen LogP contribution in [-0.4, -0.2) is 31.2 Å². The van der Waals surface area contributed by atoms with Crippen LogP contribution >= 0.6 is 0 Å². The van der Waals surface area contributed by atoms with E-state index in [0.717, 1.165) is 18.5 Å². The summed E-state index contributed by atoms with van der Waals surface area (Å²) >= 11 is 0. The molecule has 32 heavy (non-hydrogen) atoms. The fraction of sp³-hybridized carbons (Fsp3) is 0.200. The number of amides is 2. The molecule has 4 N–H and O–H groups in total. The van der Waals surface area contributed by atoms with E-state index in [4.69, 9.17) is 10.5 Å². The number of carbonyl (C=O) groups is 2. The molecule has 1 aliphatic rings. The molecule has 0 aromatic heterocycles. The Morgan fingerprint density at radius 2 is 1.72 bits per heavy atom. The minimum atomic E-state index is -0.406. The summed E-state index contributed by atoms with van der Waals surface area (Å²) in [7, 11) is 0. The summed E-state index contributed by atoms with van der Waals surface area (Å²) in [5, 5.41) is 6.01. The first-order valence-electron chi connectivity index (χ1n) is 10.6. The van der Waals surface area contributed by atoms with Crippen LogP contribution in [0, 0.1) is 0 Å². The fourth-order valence-corrected chi connectivity index (χ4v) is 3.56. The summed E-state index contributed by atoms with van der Waals surface area (Å²) in [6, 6.07) is 23.7. The number of benzene rings is 3. The molecular weight excluding hydrogens is 404 g/mol. The standard InChI is InChI=1S/C25H26N4O3/c26-22-8-4-5-9-23(22)28-24(30)19-10-12-20(13-11-19)29(17-18-6-2-1-3-7-18)25(31)32-21-14-15-27-16-21/h1-13,21,27H,14-17,26H2,(H,28,30)/t21-/m0/s1. The van der Waals surface area contributed by atoms with E-state index in [2.05, 4.69) is 10.6 Å². The molecule has 1 atom stereocenters. The molecule has 0 bridgehead atoms. The number of ether oxygens (including phenoxy) is 1.